The van der Waals surface area contributed by atoms with E-state index in [1.54, 1.807) is 6.20 Å². The second-order valence-corrected chi connectivity index (χ2v) is 7.73. The highest BCUT2D eigenvalue weighted by Crippen LogP contribution is 2.40. The minimum Gasteiger partial charge on any atom is -0.444 e. The number of benzene rings is 1. The van der Waals surface area contributed by atoms with Gasteiger partial charge in [-0.1, -0.05) is 34.1 Å². The monoisotopic (exact) mass is 389 g/mol. The third-order valence-electron chi connectivity index (χ3n) is 3.53. The number of ether oxygens (including phenoxy) is 1. The van der Waals surface area contributed by atoms with Crippen molar-refractivity contribution in [1.29, 1.82) is 0 Å². The SMILES string of the molecule is CC(C)(C)OC(=O)Nc1nc(C2CC2)ncc1-c1ccccc1Br. The fraction of sp³-hybridized carbons (Fsp3) is 0.389. The summed E-state index contributed by atoms with van der Waals surface area (Å²) in [7, 11) is 0. The first-order valence-corrected chi connectivity index (χ1v) is 8.74. The maximum absolute atomic E-state index is 12.2. The van der Waals surface area contributed by atoms with E-state index in [9.17, 15) is 4.79 Å². The van der Waals surface area contributed by atoms with Crippen molar-refractivity contribution in [2.45, 2.75) is 45.1 Å². The Labute approximate surface area is 150 Å². The molecule has 24 heavy (non-hydrogen) atoms. The molecule has 6 heteroatoms. The molecule has 0 aliphatic heterocycles. The normalized spacial score (nSPS) is 14.3. The Morgan fingerprint density at radius 1 is 1.25 bits per heavy atom. The van der Waals surface area contributed by atoms with Crippen molar-refractivity contribution in [2.24, 2.45) is 0 Å². The Morgan fingerprint density at radius 2 is 1.96 bits per heavy atom. The summed E-state index contributed by atoms with van der Waals surface area (Å²) in [4.78, 5) is 21.2. The molecule has 1 aliphatic carbocycles. The van der Waals surface area contributed by atoms with Gasteiger partial charge in [-0.15, -0.1) is 0 Å². The Kier molecular flexibility index (Phi) is 4.58. The van der Waals surface area contributed by atoms with Gasteiger partial charge in [0.1, 0.15) is 17.2 Å². The number of hydrogen-bond donors (Lipinski definition) is 1. The molecule has 0 atom stereocenters. The highest BCUT2D eigenvalue weighted by molar-refractivity contribution is 9.10. The lowest BCUT2D eigenvalue weighted by Gasteiger charge is -2.20. The van der Waals surface area contributed by atoms with E-state index in [1.807, 2.05) is 45.0 Å². The minimum atomic E-state index is -0.566. The van der Waals surface area contributed by atoms with Crippen molar-refractivity contribution in [2.75, 3.05) is 5.32 Å². The van der Waals surface area contributed by atoms with Gasteiger partial charge in [0.05, 0.1) is 0 Å². The van der Waals surface area contributed by atoms with Gasteiger partial charge in [0, 0.05) is 27.7 Å². The second-order valence-electron chi connectivity index (χ2n) is 6.87. The van der Waals surface area contributed by atoms with Crippen molar-refractivity contribution in [1.82, 2.24) is 9.97 Å². The van der Waals surface area contributed by atoms with Gasteiger partial charge in [-0.05, 0) is 39.7 Å². The summed E-state index contributed by atoms with van der Waals surface area (Å²) in [5.41, 5.74) is 1.12. The largest absolute Gasteiger partial charge is 0.444 e. The predicted octanol–water partition coefficient (Wildman–Crippen LogP) is 5.13. The fourth-order valence-corrected chi connectivity index (χ4v) is 2.80. The molecule has 1 saturated carbocycles. The summed E-state index contributed by atoms with van der Waals surface area (Å²) in [6.45, 7) is 5.49. The predicted molar refractivity (Wildman–Crippen MR) is 97.0 cm³/mol. The molecule has 1 fully saturated rings. The minimum absolute atomic E-state index is 0.400. The van der Waals surface area contributed by atoms with Crippen LogP contribution < -0.4 is 5.32 Å². The molecule has 0 radical (unpaired) electrons. The van der Waals surface area contributed by atoms with E-state index in [1.165, 1.54) is 0 Å². The quantitative estimate of drug-likeness (QED) is 0.789. The number of carbonyl (C=O) groups excluding carboxylic acids is 1. The first-order valence-electron chi connectivity index (χ1n) is 7.95. The summed E-state index contributed by atoms with van der Waals surface area (Å²) in [5.74, 6) is 1.65. The zero-order valence-corrected chi connectivity index (χ0v) is 15.6. The van der Waals surface area contributed by atoms with Crippen molar-refractivity contribution in [3.8, 4) is 11.1 Å². The van der Waals surface area contributed by atoms with Gasteiger partial charge in [-0.3, -0.25) is 5.32 Å². The van der Waals surface area contributed by atoms with E-state index in [4.69, 9.17) is 4.74 Å². The van der Waals surface area contributed by atoms with Crippen LogP contribution in [0, 0.1) is 0 Å². The van der Waals surface area contributed by atoms with Crippen LogP contribution in [0.1, 0.15) is 45.4 Å². The van der Waals surface area contributed by atoms with Crippen molar-refractivity contribution >= 4 is 27.8 Å². The number of halogens is 1. The van der Waals surface area contributed by atoms with Gasteiger partial charge in [0.25, 0.3) is 0 Å². The molecule has 126 valence electrons. The average molecular weight is 390 g/mol. The van der Waals surface area contributed by atoms with Crippen molar-refractivity contribution in [3.05, 3.63) is 40.8 Å². The van der Waals surface area contributed by atoms with Crippen LogP contribution >= 0.6 is 15.9 Å². The zero-order valence-electron chi connectivity index (χ0n) is 14.0. The number of rotatable bonds is 3. The lowest BCUT2D eigenvalue weighted by molar-refractivity contribution is 0.0635. The second kappa shape index (κ2) is 6.51. The number of hydrogen-bond acceptors (Lipinski definition) is 4. The molecule has 1 heterocycles. The van der Waals surface area contributed by atoms with Crippen LogP contribution in [0.25, 0.3) is 11.1 Å². The first-order chi connectivity index (χ1) is 11.3. The number of nitrogens with one attached hydrogen (secondary N) is 1. The van der Waals surface area contributed by atoms with Crippen molar-refractivity contribution < 1.29 is 9.53 Å². The molecule has 5 nitrogen and oxygen atoms in total. The summed E-state index contributed by atoms with van der Waals surface area (Å²) in [6.07, 6.45) is 3.45. The fourth-order valence-electron chi connectivity index (χ4n) is 2.31. The van der Waals surface area contributed by atoms with E-state index in [-0.39, 0.29) is 0 Å². The smallest absolute Gasteiger partial charge is 0.413 e. The molecule has 1 aliphatic rings. The van der Waals surface area contributed by atoms with Crippen LogP contribution in [0.5, 0.6) is 0 Å². The van der Waals surface area contributed by atoms with Crippen LogP contribution in [0.4, 0.5) is 10.6 Å². The number of amides is 1. The summed E-state index contributed by atoms with van der Waals surface area (Å²) in [6, 6.07) is 7.78. The zero-order chi connectivity index (χ0) is 17.3. The van der Waals surface area contributed by atoms with Gasteiger partial charge >= 0.3 is 6.09 Å². The molecule has 1 aromatic carbocycles. The highest BCUT2D eigenvalue weighted by Gasteiger charge is 2.28. The maximum Gasteiger partial charge on any atom is 0.413 e. The Balaban J connectivity index is 1.96. The third-order valence-corrected chi connectivity index (χ3v) is 4.22. The van der Waals surface area contributed by atoms with Gasteiger partial charge < -0.3 is 4.74 Å². The molecule has 3 rings (SSSR count). The Morgan fingerprint density at radius 3 is 2.58 bits per heavy atom. The molecule has 2 aromatic rings. The standard InChI is InChI=1S/C18H20BrN3O2/c1-18(2,3)24-17(23)22-16-13(12-6-4-5-7-14(12)19)10-20-15(21-16)11-8-9-11/h4-7,10-11H,8-9H2,1-3H3,(H,20,21,22,23). The number of anilines is 1. The molecule has 1 N–H and O–H groups in total. The molecule has 1 aromatic heterocycles. The lowest BCUT2D eigenvalue weighted by Crippen LogP contribution is -2.27. The lowest BCUT2D eigenvalue weighted by atomic mass is 10.1. The van der Waals surface area contributed by atoms with Crippen molar-refractivity contribution in [3.63, 3.8) is 0 Å². The Bertz CT molecular complexity index is 767. The van der Waals surface area contributed by atoms with Crippen LogP contribution in [0.15, 0.2) is 34.9 Å². The first kappa shape index (κ1) is 16.9. The van der Waals surface area contributed by atoms with Crippen LogP contribution in [0.2, 0.25) is 0 Å². The molecule has 1 amide bonds. The summed E-state index contributed by atoms with van der Waals surface area (Å²) < 4.78 is 6.27. The molecular weight excluding hydrogens is 370 g/mol. The number of nitrogens with zero attached hydrogens (tertiary/aromatic N) is 2. The van der Waals surface area contributed by atoms with Gasteiger partial charge in [-0.2, -0.15) is 0 Å². The van der Waals surface area contributed by atoms with E-state index in [0.717, 1.165) is 34.3 Å². The average Bonchev–Trinajstić information content (AvgIpc) is 3.30. The van der Waals surface area contributed by atoms with Gasteiger partial charge in [-0.25, -0.2) is 14.8 Å². The topological polar surface area (TPSA) is 64.1 Å². The highest BCUT2D eigenvalue weighted by atomic mass is 79.9. The van der Waals surface area contributed by atoms with E-state index in [0.29, 0.717) is 11.7 Å². The third kappa shape index (κ3) is 4.12. The van der Waals surface area contributed by atoms with Gasteiger partial charge in [0.15, 0.2) is 0 Å². The van der Waals surface area contributed by atoms with E-state index in [2.05, 4.69) is 31.2 Å². The molecular formula is C18H20BrN3O2. The molecule has 0 unspecified atom stereocenters. The van der Waals surface area contributed by atoms with Crippen LogP contribution in [-0.2, 0) is 4.74 Å². The summed E-state index contributed by atoms with van der Waals surface area (Å²) >= 11 is 3.54. The molecule has 0 spiro atoms. The van der Waals surface area contributed by atoms with Crippen LogP contribution in [-0.4, -0.2) is 21.7 Å². The van der Waals surface area contributed by atoms with E-state index < -0.39 is 11.7 Å². The van der Waals surface area contributed by atoms with Crippen LogP contribution in [0.3, 0.4) is 0 Å². The Hall–Kier alpha value is -1.95. The summed E-state index contributed by atoms with van der Waals surface area (Å²) in [5, 5.41) is 2.78. The number of aromatic nitrogens is 2. The maximum atomic E-state index is 12.2. The number of carbonyl (C=O) groups is 1. The van der Waals surface area contributed by atoms with Gasteiger partial charge in [0.2, 0.25) is 0 Å². The van der Waals surface area contributed by atoms with E-state index >= 15 is 0 Å². The molecule has 0 saturated heterocycles. The molecule has 0 bridgehead atoms.